The van der Waals surface area contributed by atoms with E-state index in [1.54, 1.807) is 5.57 Å². The van der Waals surface area contributed by atoms with Crippen LogP contribution in [-0.4, -0.2) is 76.4 Å². The highest BCUT2D eigenvalue weighted by Gasteiger charge is 2.59. The molecule has 0 bridgehead atoms. The van der Waals surface area contributed by atoms with Crippen LogP contribution in [0.25, 0.3) is 0 Å². The van der Waals surface area contributed by atoms with E-state index in [2.05, 4.69) is 66.9 Å². The Kier molecular flexibility index (Phi) is 13.6. The lowest BCUT2D eigenvalue weighted by Gasteiger charge is -2.58. The van der Waals surface area contributed by atoms with Crippen LogP contribution in [0.4, 0.5) is 4.79 Å². The Hall–Kier alpha value is -1.64. The van der Waals surface area contributed by atoms with E-state index in [0.29, 0.717) is 18.6 Å². The highest BCUT2D eigenvalue weighted by atomic mass is 16.6. The first-order valence-corrected chi connectivity index (χ1v) is 18.6. The molecule has 4 aliphatic rings. The molecule has 8 atom stereocenters. The Morgan fingerprint density at radius 1 is 1.04 bits per heavy atom. The summed E-state index contributed by atoms with van der Waals surface area (Å²) in [6.45, 7) is 18.0. The van der Waals surface area contributed by atoms with Gasteiger partial charge in [-0.05, 0) is 98.3 Å². The molecule has 0 saturated heterocycles. The SMILES string of the molecule is CNCCN(CCNCNC=N)CCNC(=O)OC1CCC2(C)C(=CCC3C2CCC2(C)C(C(C)CCCC(C)C)CCC32)C1. The molecule has 3 fully saturated rings. The Morgan fingerprint density at radius 2 is 1.82 bits per heavy atom. The summed E-state index contributed by atoms with van der Waals surface area (Å²) in [6.07, 6.45) is 17.6. The van der Waals surface area contributed by atoms with Gasteiger partial charge in [-0.2, -0.15) is 0 Å². The van der Waals surface area contributed by atoms with Crippen molar-refractivity contribution in [3.05, 3.63) is 11.6 Å². The molecule has 0 aromatic carbocycles. The van der Waals surface area contributed by atoms with Gasteiger partial charge in [0.2, 0.25) is 0 Å². The van der Waals surface area contributed by atoms with Crippen LogP contribution >= 0.6 is 0 Å². The van der Waals surface area contributed by atoms with E-state index in [-0.39, 0.29) is 17.6 Å². The van der Waals surface area contributed by atoms with Crippen LogP contribution in [0.1, 0.15) is 105 Å². The van der Waals surface area contributed by atoms with Crippen LogP contribution < -0.4 is 21.3 Å². The maximum atomic E-state index is 12.8. The van der Waals surface area contributed by atoms with E-state index < -0.39 is 0 Å². The van der Waals surface area contributed by atoms with Crippen molar-refractivity contribution in [1.29, 1.82) is 5.41 Å². The summed E-state index contributed by atoms with van der Waals surface area (Å²) in [7, 11) is 1.96. The largest absolute Gasteiger partial charge is 0.446 e. The van der Waals surface area contributed by atoms with Crippen LogP contribution in [0.3, 0.4) is 0 Å². The van der Waals surface area contributed by atoms with Crippen molar-refractivity contribution in [3.8, 4) is 0 Å². The predicted octanol–water partition coefficient (Wildman–Crippen LogP) is 6.39. The fourth-order valence-corrected chi connectivity index (χ4v) is 10.3. The fraction of sp³-hybridized carbons (Fsp3) is 0.892. The Balaban J connectivity index is 1.25. The third kappa shape index (κ3) is 9.04. The van der Waals surface area contributed by atoms with E-state index in [0.717, 1.165) is 87.5 Å². The molecule has 8 unspecified atom stereocenters. The summed E-state index contributed by atoms with van der Waals surface area (Å²) in [5, 5.41) is 19.4. The number of likely N-dealkylation sites (N-methyl/N-ethyl adjacent to an activating group) is 1. The van der Waals surface area contributed by atoms with Crippen LogP contribution in [-0.2, 0) is 4.74 Å². The molecule has 1 amide bonds. The van der Waals surface area contributed by atoms with Gasteiger partial charge in [-0.25, -0.2) is 4.79 Å². The Bertz CT molecular complexity index is 973. The minimum atomic E-state index is -0.271. The Morgan fingerprint density at radius 3 is 2.58 bits per heavy atom. The highest BCUT2D eigenvalue weighted by Crippen LogP contribution is 2.67. The van der Waals surface area contributed by atoms with Crippen LogP contribution in [0, 0.1) is 51.7 Å². The number of hydrogen-bond donors (Lipinski definition) is 5. The second kappa shape index (κ2) is 17.0. The van der Waals surface area contributed by atoms with Crippen molar-refractivity contribution < 1.29 is 9.53 Å². The van der Waals surface area contributed by atoms with Crippen molar-refractivity contribution >= 4 is 12.4 Å². The number of alkyl carbamates (subject to hydrolysis) is 1. The fourth-order valence-electron chi connectivity index (χ4n) is 10.3. The molecule has 0 spiro atoms. The van der Waals surface area contributed by atoms with Gasteiger partial charge in [0, 0.05) is 45.7 Å². The van der Waals surface area contributed by atoms with Gasteiger partial charge in [-0.3, -0.25) is 15.6 Å². The summed E-state index contributed by atoms with van der Waals surface area (Å²) in [5.41, 5.74) is 2.38. The standard InChI is InChI=1S/C37H68N6O2/c1-27(2)8-7-9-28(3)32-12-13-33-31-11-10-29-24-30(14-16-36(29,4)34(31)15-17-37(32,33)5)45-35(44)42-20-23-43(21-18-39-6)22-19-40-26-41-25-38/h10,25,27-28,30-34,39-40H,7-9,11-24,26H2,1-6H3,(H2,38,41)(H,42,44). The van der Waals surface area contributed by atoms with Gasteiger partial charge < -0.3 is 20.7 Å². The number of ether oxygens (including phenoxy) is 1. The van der Waals surface area contributed by atoms with Gasteiger partial charge in [0.05, 0.1) is 13.0 Å². The van der Waals surface area contributed by atoms with E-state index in [9.17, 15) is 4.79 Å². The number of hydrogen-bond acceptors (Lipinski definition) is 6. The number of carbonyl (C=O) groups excluding carboxylic acids is 1. The molecule has 258 valence electrons. The predicted molar refractivity (Wildman–Crippen MR) is 186 cm³/mol. The normalized spacial score (nSPS) is 33.2. The van der Waals surface area contributed by atoms with Crippen LogP contribution in [0.2, 0.25) is 0 Å². The summed E-state index contributed by atoms with van der Waals surface area (Å²) in [6, 6.07) is 0. The van der Waals surface area contributed by atoms with Gasteiger partial charge in [-0.15, -0.1) is 0 Å². The summed E-state index contributed by atoms with van der Waals surface area (Å²) < 4.78 is 6.02. The number of rotatable bonds is 18. The van der Waals surface area contributed by atoms with Gasteiger partial charge in [0.25, 0.3) is 0 Å². The summed E-state index contributed by atoms with van der Waals surface area (Å²) in [4.78, 5) is 15.2. The van der Waals surface area contributed by atoms with E-state index in [4.69, 9.17) is 10.1 Å². The lowest BCUT2D eigenvalue weighted by Crippen LogP contribution is -2.51. The molecule has 0 radical (unpaired) electrons. The van der Waals surface area contributed by atoms with Gasteiger partial charge >= 0.3 is 6.09 Å². The number of nitrogens with one attached hydrogen (secondary N) is 5. The van der Waals surface area contributed by atoms with Crippen molar-refractivity contribution in [2.45, 2.75) is 111 Å². The van der Waals surface area contributed by atoms with E-state index in [1.165, 1.54) is 57.7 Å². The minimum Gasteiger partial charge on any atom is -0.446 e. The molecule has 8 heteroatoms. The molecule has 0 heterocycles. The average molecular weight is 629 g/mol. The molecule has 0 aliphatic heterocycles. The third-order valence-electron chi connectivity index (χ3n) is 12.8. The highest BCUT2D eigenvalue weighted by molar-refractivity contribution is 5.67. The maximum Gasteiger partial charge on any atom is 0.407 e. The molecular formula is C37H68N6O2. The first-order valence-electron chi connectivity index (χ1n) is 18.6. The average Bonchev–Trinajstić information content (AvgIpc) is 3.36. The Labute approximate surface area is 275 Å². The molecule has 0 aromatic rings. The molecule has 5 N–H and O–H groups in total. The topological polar surface area (TPSA) is 102 Å². The molecule has 0 aromatic heterocycles. The molecular weight excluding hydrogens is 560 g/mol. The quantitative estimate of drug-likeness (QED) is 0.0397. The third-order valence-corrected chi connectivity index (χ3v) is 12.8. The van der Waals surface area contributed by atoms with Gasteiger partial charge in [0.1, 0.15) is 6.10 Å². The zero-order valence-corrected chi connectivity index (χ0v) is 29.7. The molecule has 4 aliphatic carbocycles. The summed E-state index contributed by atoms with van der Waals surface area (Å²) >= 11 is 0. The maximum absolute atomic E-state index is 12.8. The van der Waals surface area contributed by atoms with Crippen molar-refractivity contribution in [1.82, 2.24) is 26.2 Å². The van der Waals surface area contributed by atoms with Crippen molar-refractivity contribution in [3.63, 3.8) is 0 Å². The number of amides is 1. The lowest BCUT2D eigenvalue weighted by atomic mass is 9.47. The monoisotopic (exact) mass is 629 g/mol. The van der Waals surface area contributed by atoms with Crippen LogP contribution in [0.15, 0.2) is 11.6 Å². The smallest absolute Gasteiger partial charge is 0.407 e. The minimum absolute atomic E-state index is 0.0109. The molecule has 4 rings (SSSR count). The number of allylic oxidation sites excluding steroid dienone is 1. The molecule has 8 nitrogen and oxygen atoms in total. The molecule has 3 saturated carbocycles. The van der Waals surface area contributed by atoms with Crippen LogP contribution in [0.5, 0.6) is 0 Å². The first-order chi connectivity index (χ1) is 21.6. The zero-order valence-electron chi connectivity index (χ0n) is 29.7. The second-order valence-electron chi connectivity index (χ2n) is 16.0. The first kappa shape index (κ1) is 36.2. The lowest BCUT2D eigenvalue weighted by molar-refractivity contribution is -0.0581. The molecule has 45 heavy (non-hydrogen) atoms. The van der Waals surface area contributed by atoms with E-state index >= 15 is 0 Å². The summed E-state index contributed by atoms with van der Waals surface area (Å²) in [5.74, 6) is 5.08. The zero-order chi connectivity index (χ0) is 32.5. The second-order valence-corrected chi connectivity index (χ2v) is 16.0. The van der Waals surface area contributed by atoms with Gasteiger partial charge in [-0.1, -0.05) is 65.5 Å². The van der Waals surface area contributed by atoms with Crippen molar-refractivity contribution in [2.75, 3.05) is 53.0 Å². The number of carbonyl (C=O) groups is 1. The van der Waals surface area contributed by atoms with Gasteiger partial charge in [0.15, 0.2) is 0 Å². The number of fused-ring (bicyclic) bond motifs is 5. The van der Waals surface area contributed by atoms with Crippen molar-refractivity contribution in [2.24, 2.45) is 46.3 Å². The van der Waals surface area contributed by atoms with E-state index in [1.807, 2.05) is 7.05 Å². The number of nitrogens with zero attached hydrogens (tertiary/aromatic N) is 1.